The van der Waals surface area contributed by atoms with Crippen molar-refractivity contribution in [1.82, 2.24) is 0 Å². The zero-order chi connectivity index (χ0) is 44.4. The van der Waals surface area contributed by atoms with Crippen LogP contribution >= 0.6 is 0 Å². The molecule has 0 heterocycles. The van der Waals surface area contributed by atoms with Gasteiger partial charge in [0.05, 0.1) is 0 Å². The predicted octanol–water partition coefficient (Wildman–Crippen LogP) is 16.0. The summed E-state index contributed by atoms with van der Waals surface area (Å²) in [6, 6.07) is 0. The minimum atomic E-state index is -0.802. The number of unbranched alkanes of at least 4 members (excludes halogenated alkanes) is 20. The van der Waals surface area contributed by atoms with Crippen molar-refractivity contribution in [3.05, 3.63) is 109 Å². The van der Waals surface area contributed by atoms with E-state index in [4.69, 9.17) is 14.2 Å². The molecule has 6 nitrogen and oxygen atoms in total. The molecule has 0 radical (unpaired) electrons. The lowest BCUT2D eigenvalue weighted by molar-refractivity contribution is -0.167. The van der Waals surface area contributed by atoms with Crippen molar-refractivity contribution in [3.63, 3.8) is 0 Å². The lowest BCUT2D eigenvalue weighted by Crippen LogP contribution is -2.30. The van der Waals surface area contributed by atoms with Crippen molar-refractivity contribution in [2.45, 2.75) is 207 Å². The Hall–Kier alpha value is -3.93. The second-order valence-corrected chi connectivity index (χ2v) is 15.9. The van der Waals surface area contributed by atoms with Crippen molar-refractivity contribution in [1.29, 1.82) is 0 Å². The van der Waals surface area contributed by atoms with Gasteiger partial charge in [0.2, 0.25) is 0 Å². The topological polar surface area (TPSA) is 78.9 Å². The predicted molar refractivity (Wildman–Crippen MR) is 260 cm³/mol. The molecule has 0 aliphatic carbocycles. The first-order valence-electron chi connectivity index (χ1n) is 24.5. The molecule has 0 fully saturated rings. The van der Waals surface area contributed by atoms with E-state index in [2.05, 4.69) is 57.2 Å². The van der Waals surface area contributed by atoms with E-state index >= 15 is 0 Å². The van der Waals surface area contributed by atoms with E-state index in [-0.39, 0.29) is 31.1 Å². The van der Waals surface area contributed by atoms with Gasteiger partial charge in [-0.3, -0.25) is 14.4 Å². The number of hydrogen-bond acceptors (Lipinski definition) is 6. The van der Waals surface area contributed by atoms with Crippen molar-refractivity contribution in [3.8, 4) is 0 Å². The molecule has 0 spiro atoms. The molecule has 0 aromatic carbocycles. The molecule has 0 bridgehead atoms. The van der Waals surface area contributed by atoms with Gasteiger partial charge in [0.1, 0.15) is 13.2 Å². The summed E-state index contributed by atoms with van der Waals surface area (Å²) in [7, 11) is 0. The first kappa shape index (κ1) is 57.1. The maximum Gasteiger partial charge on any atom is 0.306 e. The second kappa shape index (κ2) is 48.7. The van der Waals surface area contributed by atoms with Crippen LogP contribution in [0.2, 0.25) is 0 Å². The molecule has 344 valence electrons. The lowest BCUT2D eigenvalue weighted by atomic mass is 10.1. The van der Waals surface area contributed by atoms with E-state index in [1.54, 1.807) is 0 Å². The molecule has 0 amide bonds. The number of carbonyl (C=O) groups excluding carboxylic acids is 3. The van der Waals surface area contributed by atoms with Crippen LogP contribution in [0, 0.1) is 0 Å². The Balaban J connectivity index is 4.49. The number of ether oxygens (including phenoxy) is 3. The average Bonchev–Trinajstić information content (AvgIpc) is 3.26. The van der Waals surface area contributed by atoms with Crippen molar-refractivity contribution < 1.29 is 28.6 Å². The fourth-order valence-corrected chi connectivity index (χ4v) is 6.30. The highest BCUT2D eigenvalue weighted by Crippen LogP contribution is 2.13. The SMILES string of the molecule is CC\C=C/C=C\C=C/C=C\C=C\C=C/C=C\CCCCCC(=O)OCC(COC(=O)CCCCCCCCCCC)OC(=O)CCCCCCCC/C=C\C=C/CCCCC. The molecule has 61 heavy (non-hydrogen) atoms. The van der Waals surface area contributed by atoms with E-state index in [1.807, 2.05) is 72.9 Å². The van der Waals surface area contributed by atoms with E-state index in [9.17, 15) is 14.4 Å². The molecule has 0 saturated carbocycles. The Labute approximate surface area is 374 Å². The molecule has 0 aliphatic heterocycles. The van der Waals surface area contributed by atoms with E-state index in [1.165, 1.54) is 77.0 Å². The van der Waals surface area contributed by atoms with Gasteiger partial charge >= 0.3 is 17.9 Å². The van der Waals surface area contributed by atoms with Crippen molar-refractivity contribution >= 4 is 17.9 Å². The van der Waals surface area contributed by atoms with Gasteiger partial charge in [0.25, 0.3) is 0 Å². The minimum Gasteiger partial charge on any atom is -0.462 e. The van der Waals surface area contributed by atoms with Crippen molar-refractivity contribution in [2.24, 2.45) is 0 Å². The summed E-state index contributed by atoms with van der Waals surface area (Å²) in [6.07, 6.45) is 64.9. The Morgan fingerprint density at radius 1 is 0.344 bits per heavy atom. The standard InChI is InChI=1S/C55H88O6/c1-4-7-10-13-16-19-21-23-25-26-27-28-30-31-33-36-39-42-45-48-54(57)60-51-52(50-59-53(56)47-44-41-38-35-18-15-12-9-6-3)61-55(58)49-46-43-40-37-34-32-29-24-22-20-17-14-11-8-5-2/h7,10,13,16-17,19-28,30-31,33,52H,4-6,8-9,11-12,14-15,18,29,32,34-51H2,1-3H3/b10-7-,16-13-,20-17-,21-19-,24-22-,25-23-,27-26+,30-28-,33-31-. The monoisotopic (exact) mass is 845 g/mol. The molecule has 0 N–H and O–H groups in total. The van der Waals surface area contributed by atoms with Crippen LogP contribution in [0.3, 0.4) is 0 Å². The molecule has 0 saturated heterocycles. The highest BCUT2D eigenvalue weighted by molar-refractivity contribution is 5.71. The first-order valence-corrected chi connectivity index (χ1v) is 24.5. The quantitative estimate of drug-likeness (QED) is 0.0264. The Kier molecular flexibility index (Phi) is 45.6. The van der Waals surface area contributed by atoms with Crippen LogP contribution in [-0.4, -0.2) is 37.2 Å². The van der Waals surface area contributed by atoms with Gasteiger partial charge in [-0.25, -0.2) is 0 Å². The summed E-state index contributed by atoms with van der Waals surface area (Å²) < 4.78 is 16.7. The van der Waals surface area contributed by atoms with Gasteiger partial charge in [0, 0.05) is 19.3 Å². The Morgan fingerprint density at radius 3 is 1.07 bits per heavy atom. The van der Waals surface area contributed by atoms with Gasteiger partial charge in [-0.2, -0.15) is 0 Å². The molecule has 0 rings (SSSR count). The van der Waals surface area contributed by atoms with Gasteiger partial charge in [-0.15, -0.1) is 0 Å². The summed E-state index contributed by atoms with van der Waals surface area (Å²) in [6.45, 7) is 6.37. The highest BCUT2D eigenvalue weighted by Gasteiger charge is 2.19. The van der Waals surface area contributed by atoms with Crippen LogP contribution in [-0.2, 0) is 28.6 Å². The third-order valence-electron chi connectivity index (χ3n) is 9.98. The Morgan fingerprint density at radius 2 is 0.639 bits per heavy atom. The van der Waals surface area contributed by atoms with Crippen LogP contribution in [0.15, 0.2) is 109 Å². The molecule has 1 unspecified atom stereocenters. The van der Waals surface area contributed by atoms with E-state index in [0.29, 0.717) is 19.3 Å². The maximum atomic E-state index is 12.8. The fraction of sp³-hybridized carbons (Fsp3) is 0.618. The van der Waals surface area contributed by atoms with Crippen LogP contribution < -0.4 is 0 Å². The third kappa shape index (κ3) is 47.0. The van der Waals surface area contributed by atoms with Gasteiger partial charge < -0.3 is 14.2 Å². The van der Waals surface area contributed by atoms with Crippen molar-refractivity contribution in [2.75, 3.05) is 13.2 Å². The number of hydrogen-bond donors (Lipinski definition) is 0. The van der Waals surface area contributed by atoms with Crippen LogP contribution in [0.5, 0.6) is 0 Å². The van der Waals surface area contributed by atoms with E-state index < -0.39 is 6.10 Å². The number of esters is 3. The summed E-state index contributed by atoms with van der Waals surface area (Å²) in [5, 5.41) is 0. The summed E-state index contributed by atoms with van der Waals surface area (Å²) >= 11 is 0. The summed E-state index contributed by atoms with van der Waals surface area (Å²) in [5.41, 5.74) is 0. The van der Waals surface area contributed by atoms with Crippen LogP contribution in [0.4, 0.5) is 0 Å². The normalized spacial score (nSPS) is 13.0. The average molecular weight is 845 g/mol. The third-order valence-corrected chi connectivity index (χ3v) is 9.98. The smallest absolute Gasteiger partial charge is 0.306 e. The number of rotatable bonds is 42. The second-order valence-electron chi connectivity index (χ2n) is 15.9. The molecule has 6 heteroatoms. The lowest BCUT2D eigenvalue weighted by Gasteiger charge is -2.18. The zero-order valence-electron chi connectivity index (χ0n) is 39.1. The van der Waals surface area contributed by atoms with Gasteiger partial charge in [-0.05, 0) is 64.2 Å². The molecule has 0 aromatic heterocycles. The summed E-state index contributed by atoms with van der Waals surface area (Å²) in [4.78, 5) is 37.8. The van der Waals surface area contributed by atoms with Gasteiger partial charge in [-0.1, -0.05) is 226 Å². The number of allylic oxidation sites excluding steroid dienone is 18. The highest BCUT2D eigenvalue weighted by atomic mass is 16.6. The minimum absolute atomic E-state index is 0.0990. The Bertz CT molecular complexity index is 1290. The van der Waals surface area contributed by atoms with Crippen LogP contribution in [0.25, 0.3) is 0 Å². The number of carbonyl (C=O) groups is 3. The fourth-order valence-electron chi connectivity index (χ4n) is 6.30. The van der Waals surface area contributed by atoms with E-state index in [0.717, 1.165) is 83.5 Å². The van der Waals surface area contributed by atoms with Crippen LogP contribution in [0.1, 0.15) is 201 Å². The zero-order valence-corrected chi connectivity index (χ0v) is 39.1. The molecule has 0 aliphatic rings. The molecule has 0 aromatic rings. The molecule has 1 atom stereocenters. The van der Waals surface area contributed by atoms with Gasteiger partial charge in [0.15, 0.2) is 6.10 Å². The largest absolute Gasteiger partial charge is 0.462 e. The maximum absolute atomic E-state index is 12.8. The molecular formula is C55H88O6. The molecular weight excluding hydrogens is 757 g/mol. The summed E-state index contributed by atoms with van der Waals surface area (Å²) in [5.74, 6) is -0.968. The first-order chi connectivity index (χ1) is 30.0.